The van der Waals surface area contributed by atoms with Crippen molar-refractivity contribution < 1.29 is 0 Å². The van der Waals surface area contributed by atoms with Gasteiger partial charge in [0.15, 0.2) is 0 Å². The third-order valence-corrected chi connectivity index (χ3v) is 18.6. The topological polar surface area (TPSA) is 15.3 Å². The summed E-state index contributed by atoms with van der Waals surface area (Å²) in [5.74, 6) is 0. The molecule has 0 saturated carbocycles. The van der Waals surface area contributed by atoms with Crippen LogP contribution in [-0.2, 0) is 21.7 Å². The first-order valence-corrected chi connectivity index (χ1v) is 30.8. The fourth-order valence-electron chi connectivity index (χ4n) is 14.0. The molecule has 15 rings (SSSR count). The third kappa shape index (κ3) is 8.31. The molecular weight excluding hydrogens is 1040 g/mol. The molecule has 4 aromatic heterocycles. The van der Waals surface area contributed by atoms with Gasteiger partial charge in [-0.1, -0.05) is 229 Å². The van der Waals surface area contributed by atoms with Crippen LogP contribution in [0.1, 0.15) is 105 Å². The van der Waals surface area contributed by atoms with E-state index < -0.39 is 0 Å². The van der Waals surface area contributed by atoms with Crippen molar-refractivity contribution in [3.05, 3.63) is 253 Å². The number of hydrogen-bond acceptors (Lipinski definition) is 2. The smallest absolute Gasteiger partial charge is 0.0641 e. The highest BCUT2D eigenvalue weighted by molar-refractivity contribution is 6.32. The standard InChI is InChI=1S/C82H74N4/c1-79(2,3)53-31-37-57(38-32-53)83(69-43-35-55(81(7,8)9)47-63(69)51-23-15-13-16-24-51)71-45-41-59-65-49-74-66(50-73(65)85-67-29-21-19-27-61(67)75(71)77(59)85)60-42-46-72(76-62-28-20-22-30-68(62)86(74)78(60)76)84(58-39-33-54(34-40-58)80(4,5)6)70-44-36-56(82(10,11)12)48-64(70)52-25-17-14-18-26-52/h13-50H,1-12H3. The van der Waals surface area contributed by atoms with E-state index in [1.54, 1.807) is 0 Å². The van der Waals surface area contributed by atoms with E-state index in [2.05, 4.69) is 332 Å². The van der Waals surface area contributed by atoms with Crippen LogP contribution in [0.2, 0.25) is 0 Å². The summed E-state index contributed by atoms with van der Waals surface area (Å²) in [5.41, 5.74) is 24.1. The first-order chi connectivity index (χ1) is 41.2. The molecule has 0 N–H and O–H groups in total. The zero-order valence-corrected chi connectivity index (χ0v) is 51.7. The van der Waals surface area contributed by atoms with Crippen molar-refractivity contribution in [2.24, 2.45) is 0 Å². The summed E-state index contributed by atoms with van der Waals surface area (Å²) in [6.07, 6.45) is 0. The second kappa shape index (κ2) is 19.1. The fraction of sp³-hybridized carbons (Fsp3) is 0.195. The molecule has 4 nitrogen and oxygen atoms in total. The summed E-state index contributed by atoms with van der Waals surface area (Å²) in [5, 5.41) is 9.93. The van der Waals surface area contributed by atoms with Gasteiger partial charge in [0.05, 0.1) is 55.8 Å². The molecule has 0 unspecified atom stereocenters. The van der Waals surface area contributed by atoms with Gasteiger partial charge in [0, 0.05) is 65.6 Å². The van der Waals surface area contributed by atoms with Crippen LogP contribution in [0.4, 0.5) is 34.1 Å². The van der Waals surface area contributed by atoms with E-state index in [-0.39, 0.29) is 21.7 Å². The lowest BCUT2D eigenvalue weighted by molar-refractivity contribution is 0.590. The second-order valence-electron chi connectivity index (χ2n) is 28.3. The zero-order chi connectivity index (χ0) is 59.3. The van der Waals surface area contributed by atoms with Crippen LogP contribution < -0.4 is 9.80 Å². The summed E-state index contributed by atoms with van der Waals surface area (Å²) in [6, 6.07) is 87.7. The Morgan fingerprint density at radius 2 is 0.581 bits per heavy atom. The van der Waals surface area contributed by atoms with E-state index in [1.807, 2.05) is 0 Å². The van der Waals surface area contributed by atoms with Crippen molar-refractivity contribution in [1.82, 2.24) is 8.80 Å². The SMILES string of the molecule is CC(C)(C)c1ccc(N(c2ccc(C(C)(C)C)cc2-c2ccccc2)c2ccc3c4cc5c(cc4n4c6ccccc6c2c34)c2ccc(N(c3ccc(C(C)(C)C)cc3)c3ccc(C(C)(C)C)cc3-c3ccccc3)c3c4ccccc4n5c23)cc1. The molecule has 0 amide bonds. The minimum atomic E-state index is -0.0410. The van der Waals surface area contributed by atoms with Crippen molar-refractivity contribution in [2.75, 3.05) is 9.80 Å². The summed E-state index contributed by atoms with van der Waals surface area (Å²) in [6.45, 7) is 27.7. The normalized spacial score (nSPS) is 12.9. The number of benzene rings is 11. The Kier molecular flexibility index (Phi) is 11.8. The van der Waals surface area contributed by atoms with Crippen LogP contribution in [0, 0.1) is 0 Å². The number of nitrogens with zero attached hydrogens (tertiary/aromatic N) is 4. The number of aromatic nitrogens is 2. The molecule has 4 heteroatoms. The number of hydrogen-bond donors (Lipinski definition) is 0. The highest BCUT2D eigenvalue weighted by Crippen LogP contribution is 2.54. The maximum absolute atomic E-state index is 2.58. The van der Waals surface area contributed by atoms with E-state index in [1.165, 1.54) is 121 Å². The minimum Gasteiger partial charge on any atom is -0.309 e. The van der Waals surface area contributed by atoms with Crippen LogP contribution in [-0.4, -0.2) is 8.80 Å². The van der Waals surface area contributed by atoms with Gasteiger partial charge >= 0.3 is 0 Å². The molecule has 0 aliphatic carbocycles. The fourth-order valence-corrected chi connectivity index (χ4v) is 14.0. The first-order valence-electron chi connectivity index (χ1n) is 30.8. The minimum absolute atomic E-state index is 0.00631. The summed E-state index contributed by atoms with van der Waals surface area (Å²) >= 11 is 0. The average molecular weight is 1120 g/mol. The predicted octanol–water partition coefficient (Wildman–Crippen LogP) is 23.5. The quantitative estimate of drug-likeness (QED) is 0.151. The van der Waals surface area contributed by atoms with E-state index >= 15 is 0 Å². The highest BCUT2D eigenvalue weighted by Gasteiger charge is 2.31. The summed E-state index contributed by atoms with van der Waals surface area (Å²) in [4.78, 5) is 5.08. The molecular formula is C82H74N4. The first kappa shape index (κ1) is 53.4. The average Bonchev–Trinajstić information content (AvgIpc) is 1.55. The Morgan fingerprint density at radius 3 is 0.942 bits per heavy atom. The van der Waals surface area contributed by atoms with E-state index in [4.69, 9.17) is 0 Å². The van der Waals surface area contributed by atoms with Crippen molar-refractivity contribution in [1.29, 1.82) is 0 Å². The van der Waals surface area contributed by atoms with Crippen LogP contribution >= 0.6 is 0 Å². The van der Waals surface area contributed by atoms with Gasteiger partial charge in [-0.3, -0.25) is 0 Å². The molecule has 0 bridgehead atoms. The molecule has 422 valence electrons. The molecule has 0 spiro atoms. The van der Waals surface area contributed by atoms with Crippen LogP contribution in [0.5, 0.6) is 0 Å². The molecule has 0 aliphatic heterocycles. The molecule has 15 aromatic rings. The molecule has 0 fully saturated rings. The lowest BCUT2D eigenvalue weighted by Crippen LogP contribution is -2.15. The summed E-state index contributed by atoms with van der Waals surface area (Å²) in [7, 11) is 0. The van der Waals surface area contributed by atoms with Gasteiger partial charge in [0.25, 0.3) is 0 Å². The number of anilines is 6. The molecule has 0 saturated heterocycles. The number of rotatable bonds is 8. The van der Waals surface area contributed by atoms with Crippen molar-refractivity contribution in [2.45, 2.75) is 105 Å². The van der Waals surface area contributed by atoms with Gasteiger partial charge < -0.3 is 18.6 Å². The lowest BCUT2D eigenvalue weighted by Gasteiger charge is -2.31. The Hall–Kier alpha value is -9.38. The molecule has 0 atom stereocenters. The third-order valence-electron chi connectivity index (χ3n) is 18.6. The van der Waals surface area contributed by atoms with Gasteiger partial charge in [0.2, 0.25) is 0 Å². The van der Waals surface area contributed by atoms with E-state index in [0.717, 1.165) is 34.1 Å². The molecule has 86 heavy (non-hydrogen) atoms. The molecule has 4 heterocycles. The number of fused-ring (bicyclic) bond motifs is 12. The maximum atomic E-state index is 2.58. The predicted molar refractivity (Wildman–Crippen MR) is 371 cm³/mol. The van der Waals surface area contributed by atoms with Crippen molar-refractivity contribution in [3.63, 3.8) is 0 Å². The summed E-state index contributed by atoms with van der Waals surface area (Å²) < 4.78 is 5.15. The zero-order valence-electron chi connectivity index (χ0n) is 51.7. The van der Waals surface area contributed by atoms with Gasteiger partial charge in [-0.2, -0.15) is 0 Å². The Balaban J connectivity index is 1.00. The molecule has 0 aliphatic rings. The van der Waals surface area contributed by atoms with E-state index in [0.29, 0.717) is 0 Å². The van der Waals surface area contributed by atoms with Crippen LogP contribution in [0.3, 0.4) is 0 Å². The largest absolute Gasteiger partial charge is 0.309 e. The Morgan fingerprint density at radius 1 is 0.256 bits per heavy atom. The Bertz CT molecular complexity index is 4780. The number of para-hydroxylation sites is 2. The molecule has 11 aromatic carbocycles. The van der Waals surface area contributed by atoms with Crippen molar-refractivity contribution >= 4 is 110 Å². The Labute approximate surface area is 505 Å². The maximum Gasteiger partial charge on any atom is 0.0641 e. The van der Waals surface area contributed by atoms with Gasteiger partial charge in [0.1, 0.15) is 0 Å². The van der Waals surface area contributed by atoms with Gasteiger partial charge in [-0.05, 0) is 140 Å². The lowest BCUT2D eigenvalue weighted by atomic mass is 9.84. The highest BCUT2D eigenvalue weighted by atomic mass is 15.2. The van der Waals surface area contributed by atoms with E-state index in [9.17, 15) is 0 Å². The second-order valence-corrected chi connectivity index (χ2v) is 28.3. The van der Waals surface area contributed by atoms with Gasteiger partial charge in [-0.15, -0.1) is 0 Å². The van der Waals surface area contributed by atoms with Crippen LogP contribution in [0.25, 0.3) is 98.4 Å². The van der Waals surface area contributed by atoms with Crippen LogP contribution in [0.15, 0.2) is 231 Å². The monoisotopic (exact) mass is 1110 g/mol. The van der Waals surface area contributed by atoms with Gasteiger partial charge in [-0.25, -0.2) is 0 Å². The van der Waals surface area contributed by atoms with Crippen molar-refractivity contribution in [3.8, 4) is 22.3 Å². The molecule has 0 radical (unpaired) electrons.